The third kappa shape index (κ3) is 2.99. The maximum absolute atomic E-state index is 13.0. The standard InChI is InChI=1S/C24H32O7/c1-5-30-21(28)31-24(20(27)29-4)11-9-17-16-7-6-14-12-15(25)8-10-22(14,2)19(16)18(26)13-23(17,24)3/h8,10,12,16-19,26H,5-7,9,11,13H2,1-4H3/t16-,17-,18-,19+,22-,23-,24-/m0/s1. The smallest absolute Gasteiger partial charge is 0.466 e. The van der Waals surface area contributed by atoms with Crippen molar-refractivity contribution in [1.29, 1.82) is 0 Å². The molecule has 7 atom stereocenters. The summed E-state index contributed by atoms with van der Waals surface area (Å²) in [7, 11) is 1.29. The monoisotopic (exact) mass is 432 g/mol. The van der Waals surface area contributed by atoms with Crippen molar-refractivity contribution in [3.63, 3.8) is 0 Å². The van der Waals surface area contributed by atoms with Crippen LogP contribution in [0, 0.1) is 28.6 Å². The highest BCUT2D eigenvalue weighted by molar-refractivity contribution is 6.01. The lowest BCUT2D eigenvalue weighted by atomic mass is 9.46. The number of ether oxygens (including phenoxy) is 3. The Morgan fingerprint density at radius 1 is 1.26 bits per heavy atom. The second-order valence-electron chi connectivity index (χ2n) is 9.85. The van der Waals surface area contributed by atoms with Gasteiger partial charge < -0.3 is 19.3 Å². The highest BCUT2D eigenvalue weighted by Gasteiger charge is 2.71. The fourth-order valence-corrected chi connectivity index (χ4v) is 7.31. The number of esters is 1. The average molecular weight is 433 g/mol. The Hall–Kier alpha value is -2.15. The van der Waals surface area contributed by atoms with Gasteiger partial charge in [0.1, 0.15) is 0 Å². The van der Waals surface area contributed by atoms with Crippen LogP contribution in [0.3, 0.4) is 0 Å². The van der Waals surface area contributed by atoms with Crippen LogP contribution >= 0.6 is 0 Å². The van der Waals surface area contributed by atoms with Crippen molar-refractivity contribution in [2.75, 3.05) is 13.7 Å². The van der Waals surface area contributed by atoms with Crippen molar-refractivity contribution < 1.29 is 33.7 Å². The second-order valence-corrected chi connectivity index (χ2v) is 9.85. The molecule has 1 N–H and O–H groups in total. The molecule has 0 aromatic heterocycles. The van der Waals surface area contributed by atoms with E-state index in [1.807, 2.05) is 13.0 Å². The SMILES string of the molecule is CCOC(=O)O[C@]1(C(=O)OC)CC[C@H]2[C@@H]3CCC4=CC(=O)C=C[C@]4(C)[C@H]3[C@@H](O)C[C@@]21C. The topological polar surface area (TPSA) is 99.1 Å². The van der Waals surface area contributed by atoms with Gasteiger partial charge in [-0.3, -0.25) is 4.79 Å². The molecule has 7 nitrogen and oxygen atoms in total. The molecule has 0 radical (unpaired) electrons. The summed E-state index contributed by atoms with van der Waals surface area (Å²) in [5.41, 5.74) is -1.58. The van der Waals surface area contributed by atoms with E-state index in [2.05, 4.69) is 6.92 Å². The van der Waals surface area contributed by atoms with Crippen LogP contribution in [0.1, 0.15) is 52.9 Å². The number of fused-ring (bicyclic) bond motifs is 5. The number of carbonyl (C=O) groups is 3. The maximum Gasteiger partial charge on any atom is 0.509 e. The zero-order chi connectivity index (χ0) is 22.6. The second kappa shape index (κ2) is 7.47. The van der Waals surface area contributed by atoms with E-state index in [9.17, 15) is 19.5 Å². The van der Waals surface area contributed by atoms with E-state index in [4.69, 9.17) is 14.2 Å². The molecule has 0 aromatic rings. The lowest BCUT2D eigenvalue weighted by Gasteiger charge is -2.59. The summed E-state index contributed by atoms with van der Waals surface area (Å²) in [6.07, 6.45) is 6.59. The van der Waals surface area contributed by atoms with Gasteiger partial charge in [0, 0.05) is 16.7 Å². The fourth-order valence-electron chi connectivity index (χ4n) is 7.31. The van der Waals surface area contributed by atoms with E-state index in [0.717, 1.165) is 18.4 Å². The highest BCUT2D eigenvalue weighted by Crippen LogP contribution is 2.67. The Morgan fingerprint density at radius 3 is 2.68 bits per heavy atom. The minimum Gasteiger partial charge on any atom is -0.466 e. The average Bonchev–Trinajstić information content (AvgIpc) is 3.00. The van der Waals surface area contributed by atoms with Crippen molar-refractivity contribution in [3.8, 4) is 0 Å². The van der Waals surface area contributed by atoms with Crippen LogP contribution in [-0.2, 0) is 23.8 Å². The van der Waals surface area contributed by atoms with Crippen LogP contribution in [0.5, 0.6) is 0 Å². The van der Waals surface area contributed by atoms with Gasteiger partial charge in [0.15, 0.2) is 5.78 Å². The molecule has 0 unspecified atom stereocenters. The molecule has 3 saturated carbocycles. The van der Waals surface area contributed by atoms with E-state index in [-0.39, 0.29) is 30.1 Å². The summed E-state index contributed by atoms with van der Waals surface area (Å²) >= 11 is 0. The molecule has 0 saturated heterocycles. The van der Waals surface area contributed by atoms with Gasteiger partial charge in [0.2, 0.25) is 5.60 Å². The molecule has 0 heterocycles. The summed E-state index contributed by atoms with van der Waals surface area (Å²) in [5.74, 6) is -0.465. The number of hydrogen-bond donors (Lipinski definition) is 1. The molecule has 4 aliphatic rings. The first-order valence-electron chi connectivity index (χ1n) is 11.2. The number of rotatable bonds is 3. The molecule has 4 aliphatic carbocycles. The van der Waals surface area contributed by atoms with Crippen LogP contribution in [0.4, 0.5) is 4.79 Å². The number of aliphatic hydroxyl groups excluding tert-OH is 1. The van der Waals surface area contributed by atoms with Crippen LogP contribution in [0.2, 0.25) is 0 Å². The first-order chi connectivity index (χ1) is 14.6. The first-order valence-corrected chi connectivity index (χ1v) is 11.2. The number of methoxy groups -OCH3 is 1. The Balaban J connectivity index is 1.73. The summed E-state index contributed by atoms with van der Waals surface area (Å²) < 4.78 is 15.8. The van der Waals surface area contributed by atoms with Crippen LogP contribution in [0.25, 0.3) is 0 Å². The molecule has 4 rings (SSSR count). The number of aliphatic hydroxyl groups is 1. The molecular weight excluding hydrogens is 400 g/mol. The van der Waals surface area contributed by atoms with Crippen molar-refractivity contribution >= 4 is 17.9 Å². The predicted molar refractivity (Wildman–Crippen MR) is 111 cm³/mol. The zero-order valence-corrected chi connectivity index (χ0v) is 18.7. The normalized spacial score (nSPS) is 43.3. The Labute approximate surface area is 182 Å². The van der Waals surface area contributed by atoms with Gasteiger partial charge >= 0.3 is 12.1 Å². The molecule has 0 aromatic carbocycles. The van der Waals surface area contributed by atoms with Crippen molar-refractivity contribution in [2.45, 2.75) is 64.6 Å². The third-order valence-corrected chi connectivity index (χ3v) is 8.65. The maximum atomic E-state index is 13.0. The molecule has 0 spiro atoms. The zero-order valence-electron chi connectivity index (χ0n) is 18.7. The Morgan fingerprint density at radius 2 is 2.00 bits per heavy atom. The highest BCUT2D eigenvalue weighted by atomic mass is 16.7. The molecule has 3 fully saturated rings. The van der Waals surface area contributed by atoms with Crippen LogP contribution in [-0.4, -0.2) is 48.4 Å². The summed E-state index contributed by atoms with van der Waals surface area (Å²) in [6.45, 7) is 5.86. The number of hydrogen-bond acceptors (Lipinski definition) is 7. The number of allylic oxidation sites excluding steroid dienone is 4. The first kappa shape index (κ1) is 22.1. The summed E-state index contributed by atoms with van der Waals surface area (Å²) in [5, 5.41) is 11.4. The molecule has 31 heavy (non-hydrogen) atoms. The quantitative estimate of drug-likeness (QED) is 0.683. The predicted octanol–water partition coefficient (Wildman–Crippen LogP) is 3.35. The van der Waals surface area contributed by atoms with Crippen molar-refractivity contribution in [3.05, 3.63) is 23.8 Å². The van der Waals surface area contributed by atoms with E-state index in [0.29, 0.717) is 19.3 Å². The third-order valence-electron chi connectivity index (χ3n) is 8.65. The van der Waals surface area contributed by atoms with Gasteiger partial charge in [-0.05, 0) is 63.0 Å². The molecule has 0 amide bonds. The van der Waals surface area contributed by atoms with Gasteiger partial charge in [-0.25, -0.2) is 9.59 Å². The van der Waals surface area contributed by atoms with Gasteiger partial charge in [0.05, 0.1) is 19.8 Å². The van der Waals surface area contributed by atoms with Crippen LogP contribution in [0.15, 0.2) is 23.8 Å². The van der Waals surface area contributed by atoms with E-state index in [1.54, 1.807) is 19.1 Å². The van der Waals surface area contributed by atoms with Gasteiger partial charge in [-0.2, -0.15) is 0 Å². The largest absolute Gasteiger partial charge is 0.509 e. The van der Waals surface area contributed by atoms with Crippen LogP contribution < -0.4 is 0 Å². The summed E-state index contributed by atoms with van der Waals surface area (Å²) in [4.78, 5) is 37.3. The van der Waals surface area contributed by atoms with E-state index < -0.39 is 34.7 Å². The molecule has 7 heteroatoms. The van der Waals surface area contributed by atoms with Gasteiger partial charge in [0.25, 0.3) is 0 Å². The van der Waals surface area contributed by atoms with Crippen molar-refractivity contribution in [1.82, 2.24) is 0 Å². The fraction of sp³-hybridized carbons (Fsp3) is 0.708. The minimum atomic E-state index is -1.49. The Kier molecular flexibility index (Phi) is 5.31. The molecular formula is C24H32O7. The van der Waals surface area contributed by atoms with E-state index >= 15 is 0 Å². The lowest BCUT2D eigenvalue weighted by Crippen LogP contribution is -2.62. The summed E-state index contributed by atoms with van der Waals surface area (Å²) in [6, 6.07) is 0. The molecule has 0 aliphatic heterocycles. The lowest BCUT2D eigenvalue weighted by molar-refractivity contribution is -0.199. The van der Waals surface area contributed by atoms with Gasteiger partial charge in [-0.1, -0.05) is 25.5 Å². The Bertz CT molecular complexity index is 860. The van der Waals surface area contributed by atoms with E-state index in [1.165, 1.54) is 7.11 Å². The number of carbonyl (C=O) groups excluding carboxylic acids is 3. The van der Waals surface area contributed by atoms with Crippen molar-refractivity contribution in [2.24, 2.45) is 28.6 Å². The molecule has 0 bridgehead atoms. The minimum absolute atomic E-state index is 0.00512. The molecule has 170 valence electrons. The number of ketones is 1. The van der Waals surface area contributed by atoms with Gasteiger partial charge in [-0.15, -0.1) is 0 Å².